The van der Waals surface area contributed by atoms with E-state index in [1.54, 1.807) is 4.68 Å². The number of nitrogens with zero attached hydrogens (tertiary/aromatic N) is 2. The SMILES string of the molecule is Clc1ccc(-n2nc3c(c2Cl)COCC3)cc1. The lowest BCUT2D eigenvalue weighted by molar-refractivity contribution is 0.110. The summed E-state index contributed by atoms with van der Waals surface area (Å²) in [6, 6.07) is 7.44. The highest BCUT2D eigenvalue weighted by Crippen LogP contribution is 2.27. The highest BCUT2D eigenvalue weighted by atomic mass is 35.5. The molecule has 0 saturated heterocycles. The Bertz CT molecular complexity index is 548. The molecule has 88 valence electrons. The Morgan fingerprint density at radius 1 is 1.18 bits per heavy atom. The number of fused-ring (bicyclic) bond motifs is 1. The Hall–Kier alpha value is -1.03. The highest BCUT2D eigenvalue weighted by Gasteiger charge is 2.20. The molecule has 3 nitrogen and oxygen atoms in total. The number of hydrogen-bond acceptors (Lipinski definition) is 2. The summed E-state index contributed by atoms with van der Waals surface area (Å²) in [7, 11) is 0. The maximum atomic E-state index is 6.30. The molecule has 1 aliphatic heterocycles. The Balaban J connectivity index is 2.09. The monoisotopic (exact) mass is 268 g/mol. The third-order valence-electron chi connectivity index (χ3n) is 2.80. The molecule has 5 heteroatoms. The van der Waals surface area contributed by atoms with Gasteiger partial charge in [0.25, 0.3) is 0 Å². The van der Waals surface area contributed by atoms with Gasteiger partial charge in [0.15, 0.2) is 0 Å². The Morgan fingerprint density at radius 3 is 2.65 bits per heavy atom. The first-order valence-electron chi connectivity index (χ1n) is 5.35. The van der Waals surface area contributed by atoms with Crippen LogP contribution in [0.25, 0.3) is 5.69 Å². The van der Waals surface area contributed by atoms with Gasteiger partial charge in [-0.2, -0.15) is 5.10 Å². The van der Waals surface area contributed by atoms with Gasteiger partial charge in [-0.1, -0.05) is 23.2 Å². The van der Waals surface area contributed by atoms with Gasteiger partial charge < -0.3 is 4.74 Å². The molecule has 0 fully saturated rings. The average Bonchev–Trinajstić information content (AvgIpc) is 2.69. The largest absolute Gasteiger partial charge is 0.376 e. The maximum absolute atomic E-state index is 6.30. The van der Waals surface area contributed by atoms with Gasteiger partial charge in [-0.25, -0.2) is 4.68 Å². The number of hydrogen-bond donors (Lipinski definition) is 0. The first-order valence-corrected chi connectivity index (χ1v) is 6.11. The quantitative estimate of drug-likeness (QED) is 0.794. The van der Waals surface area contributed by atoms with Crippen molar-refractivity contribution in [3.05, 3.63) is 45.7 Å². The zero-order valence-electron chi connectivity index (χ0n) is 8.99. The second kappa shape index (κ2) is 4.33. The van der Waals surface area contributed by atoms with Crippen LogP contribution in [0.2, 0.25) is 10.2 Å². The molecule has 1 aromatic carbocycles. The van der Waals surface area contributed by atoms with Crippen molar-refractivity contribution in [3.8, 4) is 5.69 Å². The van der Waals surface area contributed by atoms with Crippen LogP contribution in [0.15, 0.2) is 24.3 Å². The number of rotatable bonds is 1. The zero-order valence-corrected chi connectivity index (χ0v) is 10.5. The molecular weight excluding hydrogens is 259 g/mol. The molecule has 17 heavy (non-hydrogen) atoms. The van der Waals surface area contributed by atoms with Gasteiger partial charge in [-0.15, -0.1) is 0 Å². The van der Waals surface area contributed by atoms with E-state index in [0.29, 0.717) is 23.4 Å². The van der Waals surface area contributed by atoms with Crippen LogP contribution in [0.4, 0.5) is 0 Å². The van der Waals surface area contributed by atoms with E-state index >= 15 is 0 Å². The average molecular weight is 269 g/mol. The standard InChI is InChI=1S/C12H10Cl2N2O/c13-8-1-3-9(4-2-8)16-12(14)10-7-17-6-5-11(10)15-16/h1-4H,5-7H2. The number of aromatic nitrogens is 2. The predicted molar refractivity (Wildman–Crippen MR) is 66.9 cm³/mol. The summed E-state index contributed by atoms with van der Waals surface area (Å²) in [5.74, 6) is 0. The van der Waals surface area contributed by atoms with Crippen molar-refractivity contribution in [1.82, 2.24) is 9.78 Å². The molecule has 0 radical (unpaired) electrons. The van der Waals surface area contributed by atoms with Crippen molar-refractivity contribution < 1.29 is 4.74 Å². The Kier molecular flexibility index (Phi) is 2.82. The van der Waals surface area contributed by atoms with E-state index in [4.69, 9.17) is 27.9 Å². The van der Waals surface area contributed by atoms with E-state index in [-0.39, 0.29) is 0 Å². The second-order valence-electron chi connectivity index (χ2n) is 3.91. The molecule has 2 heterocycles. The molecule has 1 aromatic heterocycles. The summed E-state index contributed by atoms with van der Waals surface area (Å²) in [5.41, 5.74) is 2.93. The van der Waals surface area contributed by atoms with E-state index in [2.05, 4.69) is 5.10 Å². The van der Waals surface area contributed by atoms with Crippen LogP contribution < -0.4 is 0 Å². The summed E-state index contributed by atoms with van der Waals surface area (Å²) in [5, 5.41) is 5.84. The molecule has 0 atom stereocenters. The summed E-state index contributed by atoms with van der Waals surface area (Å²) < 4.78 is 7.12. The lowest BCUT2D eigenvalue weighted by Gasteiger charge is -2.09. The first-order chi connectivity index (χ1) is 8.25. The van der Waals surface area contributed by atoms with Crippen LogP contribution in [-0.4, -0.2) is 16.4 Å². The molecule has 0 aliphatic carbocycles. The molecule has 3 rings (SSSR count). The summed E-state index contributed by atoms with van der Waals surface area (Å²) >= 11 is 12.2. The van der Waals surface area contributed by atoms with Crippen molar-refractivity contribution in [2.75, 3.05) is 6.61 Å². The van der Waals surface area contributed by atoms with Crippen LogP contribution in [0.3, 0.4) is 0 Å². The predicted octanol–water partition coefficient (Wildman–Crippen LogP) is 3.25. The van der Waals surface area contributed by atoms with Gasteiger partial charge in [0.05, 0.1) is 24.6 Å². The number of benzene rings is 1. The fraction of sp³-hybridized carbons (Fsp3) is 0.250. The second-order valence-corrected chi connectivity index (χ2v) is 4.70. The molecule has 0 saturated carbocycles. The van der Waals surface area contributed by atoms with Gasteiger partial charge in [-0.3, -0.25) is 0 Å². The third-order valence-corrected chi connectivity index (χ3v) is 3.45. The minimum atomic E-state index is 0.543. The molecule has 0 bridgehead atoms. The van der Waals surface area contributed by atoms with Crippen molar-refractivity contribution in [1.29, 1.82) is 0 Å². The molecule has 0 N–H and O–H groups in total. The third kappa shape index (κ3) is 1.95. The lowest BCUT2D eigenvalue weighted by Crippen LogP contribution is -2.08. The molecule has 1 aliphatic rings. The van der Waals surface area contributed by atoms with Crippen LogP contribution in [0, 0.1) is 0 Å². The minimum Gasteiger partial charge on any atom is -0.376 e. The molecule has 0 spiro atoms. The maximum Gasteiger partial charge on any atom is 0.138 e. The van der Waals surface area contributed by atoms with E-state index in [1.807, 2.05) is 24.3 Å². The van der Waals surface area contributed by atoms with Crippen molar-refractivity contribution in [2.24, 2.45) is 0 Å². The number of halogens is 2. The fourth-order valence-electron chi connectivity index (χ4n) is 1.91. The van der Waals surface area contributed by atoms with Crippen molar-refractivity contribution in [3.63, 3.8) is 0 Å². The topological polar surface area (TPSA) is 27.1 Å². The smallest absolute Gasteiger partial charge is 0.138 e. The lowest BCUT2D eigenvalue weighted by atomic mass is 10.2. The van der Waals surface area contributed by atoms with Gasteiger partial charge >= 0.3 is 0 Å². The van der Waals surface area contributed by atoms with Crippen molar-refractivity contribution in [2.45, 2.75) is 13.0 Å². The van der Waals surface area contributed by atoms with E-state index in [9.17, 15) is 0 Å². The zero-order chi connectivity index (χ0) is 11.8. The van der Waals surface area contributed by atoms with E-state index in [1.165, 1.54) is 0 Å². The number of ether oxygens (including phenoxy) is 1. The van der Waals surface area contributed by atoms with Gasteiger partial charge in [-0.05, 0) is 24.3 Å². The first kappa shape index (κ1) is 11.1. The summed E-state index contributed by atoms with van der Waals surface area (Å²) in [6.07, 6.45) is 0.815. The molecule has 0 amide bonds. The summed E-state index contributed by atoms with van der Waals surface area (Å²) in [6.45, 7) is 1.25. The fourth-order valence-corrected chi connectivity index (χ4v) is 2.34. The van der Waals surface area contributed by atoms with E-state index < -0.39 is 0 Å². The van der Waals surface area contributed by atoms with Crippen LogP contribution in [0.5, 0.6) is 0 Å². The highest BCUT2D eigenvalue weighted by molar-refractivity contribution is 6.31. The molecule has 0 unspecified atom stereocenters. The normalized spacial score (nSPS) is 14.7. The van der Waals surface area contributed by atoms with Crippen molar-refractivity contribution >= 4 is 23.2 Å². The Labute approximate surface area is 109 Å². The van der Waals surface area contributed by atoms with E-state index in [0.717, 1.165) is 23.4 Å². The van der Waals surface area contributed by atoms with Gasteiger partial charge in [0.1, 0.15) is 5.15 Å². The Morgan fingerprint density at radius 2 is 1.94 bits per heavy atom. The van der Waals surface area contributed by atoms with Gasteiger partial charge in [0, 0.05) is 17.0 Å². The van der Waals surface area contributed by atoms with Crippen LogP contribution in [0.1, 0.15) is 11.3 Å². The molecular formula is C12H10Cl2N2O. The van der Waals surface area contributed by atoms with Gasteiger partial charge in [0.2, 0.25) is 0 Å². The van der Waals surface area contributed by atoms with Crippen LogP contribution >= 0.6 is 23.2 Å². The van der Waals surface area contributed by atoms with Crippen LogP contribution in [-0.2, 0) is 17.8 Å². The summed E-state index contributed by atoms with van der Waals surface area (Å²) in [4.78, 5) is 0. The minimum absolute atomic E-state index is 0.543. The molecule has 2 aromatic rings.